The van der Waals surface area contributed by atoms with Crippen molar-refractivity contribution >= 4 is 12.2 Å². The Balaban J connectivity index is 4.16. The molecule has 0 saturated carbocycles. The number of hydrogen-bond donors (Lipinski definition) is 0. The maximum atomic E-state index is 10.2. The Bertz CT molecular complexity index is 292. The number of carbonyl (C=O) groups excluding carboxylic acids is 2. The van der Waals surface area contributed by atoms with E-state index in [1.165, 1.54) is 18.9 Å². The van der Waals surface area contributed by atoms with Crippen LogP contribution in [0.2, 0.25) is 0 Å². The van der Waals surface area contributed by atoms with E-state index in [1.807, 2.05) is 0 Å². The monoisotopic (exact) mass is 238 g/mol. The first-order chi connectivity index (χ1) is 8.18. The normalized spacial score (nSPS) is 13.3. The SMILES string of the molecule is CCCCCC(C)(CCCN=C=O)CN=C=O. The van der Waals surface area contributed by atoms with Gasteiger partial charge in [-0.05, 0) is 24.7 Å². The topological polar surface area (TPSA) is 58.9 Å². The number of isocyanates is 2. The fourth-order valence-corrected chi connectivity index (χ4v) is 1.94. The maximum absolute atomic E-state index is 10.2. The van der Waals surface area contributed by atoms with E-state index in [0.29, 0.717) is 13.1 Å². The second-order valence-electron chi connectivity index (χ2n) is 4.75. The van der Waals surface area contributed by atoms with Crippen molar-refractivity contribution in [2.75, 3.05) is 13.1 Å². The summed E-state index contributed by atoms with van der Waals surface area (Å²) in [5, 5.41) is 0. The maximum Gasteiger partial charge on any atom is 0.234 e. The molecule has 0 aromatic rings. The molecule has 0 fully saturated rings. The molecule has 1 atom stereocenters. The molecule has 0 aliphatic rings. The van der Waals surface area contributed by atoms with Crippen molar-refractivity contribution < 1.29 is 9.59 Å². The lowest BCUT2D eigenvalue weighted by atomic mass is 9.80. The van der Waals surface area contributed by atoms with Gasteiger partial charge in [-0.1, -0.05) is 33.1 Å². The van der Waals surface area contributed by atoms with Crippen molar-refractivity contribution in [2.24, 2.45) is 15.4 Å². The van der Waals surface area contributed by atoms with Crippen LogP contribution in [0, 0.1) is 5.41 Å². The Kier molecular flexibility index (Phi) is 9.22. The molecule has 0 aromatic heterocycles. The average Bonchev–Trinajstić information content (AvgIpc) is 2.33. The predicted molar refractivity (Wildman–Crippen MR) is 67.5 cm³/mol. The van der Waals surface area contributed by atoms with E-state index in [0.717, 1.165) is 25.7 Å². The summed E-state index contributed by atoms with van der Waals surface area (Å²) in [6, 6.07) is 0. The summed E-state index contributed by atoms with van der Waals surface area (Å²) < 4.78 is 0. The van der Waals surface area contributed by atoms with Crippen molar-refractivity contribution in [1.29, 1.82) is 0 Å². The molecule has 0 aromatic carbocycles. The highest BCUT2D eigenvalue weighted by molar-refractivity contribution is 5.33. The molecule has 0 aliphatic heterocycles. The molecular weight excluding hydrogens is 216 g/mol. The van der Waals surface area contributed by atoms with Crippen molar-refractivity contribution in [3.63, 3.8) is 0 Å². The smallest absolute Gasteiger partial charge is 0.211 e. The first-order valence-electron chi connectivity index (χ1n) is 6.26. The highest BCUT2D eigenvalue weighted by Crippen LogP contribution is 2.30. The molecule has 0 N–H and O–H groups in total. The number of aliphatic imine (C=N–C) groups is 2. The molecule has 0 aliphatic carbocycles. The molecule has 4 heteroatoms. The molecular formula is C13H22N2O2. The summed E-state index contributed by atoms with van der Waals surface area (Å²) in [6.45, 7) is 5.33. The summed E-state index contributed by atoms with van der Waals surface area (Å²) in [5.41, 5.74) is 0.0327. The van der Waals surface area contributed by atoms with Gasteiger partial charge in [-0.15, -0.1) is 0 Å². The van der Waals surface area contributed by atoms with E-state index in [-0.39, 0.29) is 5.41 Å². The van der Waals surface area contributed by atoms with Gasteiger partial charge in [-0.25, -0.2) is 19.6 Å². The van der Waals surface area contributed by atoms with E-state index in [4.69, 9.17) is 0 Å². The van der Waals surface area contributed by atoms with Crippen molar-refractivity contribution in [3.8, 4) is 0 Å². The van der Waals surface area contributed by atoms with Gasteiger partial charge < -0.3 is 0 Å². The highest BCUT2D eigenvalue weighted by atomic mass is 16.1. The minimum absolute atomic E-state index is 0.0327. The second kappa shape index (κ2) is 9.95. The molecule has 1 unspecified atom stereocenters. The van der Waals surface area contributed by atoms with Gasteiger partial charge in [0.25, 0.3) is 0 Å². The lowest BCUT2D eigenvalue weighted by Gasteiger charge is -2.27. The molecule has 0 saturated heterocycles. The Morgan fingerprint density at radius 1 is 1.00 bits per heavy atom. The van der Waals surface area contributed by atoms with Gasteiger partial charge >= 0.3 is 0 Å². The third-order valence-electron chi connectivity index (χ3n) is 3.02. The van der Waals surface area contributed by atoms with Gasteiger partial charge in [0.1, 0.15) is 0 Å². The van der Waals surface area contributed by atoms with Crippen molar-refractivity contribution in [3.05, 3.63) is 0 Å². The van der Waals surface area contributed by atoms with E-state index in [1.54, 1.807) is 6.08 Å². The van der Waals surface area contributed by atoms with Crippen LogP contribution in [0.25, 0.3) is 0 Å². The predicted octanol–water partition coefficient (Wildman–Crippen LogP) is 3.02. The average molecular weight is 238 g/mol. The quantitative estimate of drug-likeness (QED) is 0.333. The van der Waals surface area contributed by atoms with Gasteiger partial charge in [-0.2, -0.15) is 0 Å². The van der Waals surface area contributed by atoms with Gasteiger partial charge in [0.05, 0.1) is 13.1 Å². The molecule has 0 heterocycles. The van der Waals surface area contributed by atoms with Crippen molar-refractivity contribution in [1.82, 2.24) is 0 Å². The fourth-order valence-electron chi connectivity index (χ4n) is 1.94. The van der Waals surface area contributed by atoms with Crippen LogP contribution in [0.5, 0.6) is 0 Å². The highest BCUT2D eigenvalue weighted by Gasteiger charge is 2.22. The second-order valence-corrected chi connectivity index (χ2v) is 4.75. The fraction of sp³-hybridized carbons (Fsp3) is 0.846. The Hall–Kier alpha value is -1.24. The lowest BCUT2D eigenvalue weighted by Crippen LogP contribution is -2.20. The molecule has 0 amide bonds. The Labute approximate surface area is 103 Å². The largest absolute Gasteiger partial charge is 0.234 e. The van der Waals surface area contributed by atoms with Crippen LogP contribution in [-0.4, -0.2) is 25.2 Å². The van der Waals surface area contributed by atoms with E-state index >= 15 is 0 Å². The Morgan fingerprint density at radius 2 is 1.65 bits per heavy atom. The lowest BCUT2D eigenvalue weighted by molar-refractivity contribution is 0.268. The van der Waals surface area contributed by atoms with E-state index < -0.39 is 0 Å². The third-order valence-corrected chi connectivity index (χ3v) is 3.02. The van der Waals surface area contributed by atoms with Gasteiger partial charge in [-0.3, -0.25) is 0 Å². The zero-order valence-corrected chi connectivity index (χ0v) is 10.9. The molecule has 0 rings (SSSR count). The Morgan fingerprint density at radius 3 is 2.24 bits per heavy atom. The number of unbranched alkanes of at least 4 members (excludes halogenated alkanes) is 2. The summed E-state index contributed by atoms with van der Waals surface area (Å²) in [7, 11) is 0. The first kappa shape index (κ1) is 15.8. The number of hydrogen-bond acceptors (Lipinski definition) is 4. The summed E-state index contributed by atoms with van der Waals surface area (Å²) >= 11 is 0. The van der Waals surface area contributed by atoms with Gasteiger partial charge in [0, 0.05) is 0 Å². The number of rotatable bonds is 10. The van der Waals surface area contributed by atoms with Crippen molar-refractivity contribution in [2.45, 2.75) is 52.4 Å². The molecule has 0 radical (unpaired) electrons. The van der Waals surface area contributed by atoms with Crippen LogP contribution < -0.4 is 0 Å². The van der Waals surface area contributed by atoms with Crippen LogP contribution in [0.15, 0.2) is 9.98 Å². The number of nitrogens with zero attached hydrogens (tertiary/aromatic N) is 2. The zero-order valence-electron chi connectivity index (χ0n) is 10.9. The summed E-state index contributed by atoms with van der Waals surface area (Å²) in [6.07, 6.45) is 9.49. The molecule has 4 nitrogen and oxygen atoms in total. The zero-order chi connectivity index (χ0) is 13.0. The summed E-state index contributed by atoms with van der Waals surface area (Å²) in [5.74, 6) is 0. The molecule has 0 spiro atoms. The minimum atomic E-state index is 0.0327. The van der Waals surface area contributed by atoms with Crippen LogP contribution in [0.1, 0.15) is 52.4 Å². The minimum Gasteiger partial charge on any atom is -0.211 e. The van der Waals surface area contributed by atoms with Crippen LogP contribution >= 0.6 is 0 Å². The molecule has 0 bridgehead atoms. The van der Waals surface area contributed by atoms with Gasteiger partial charge in [0.2, 0.25) is 12.2 Å². The van der Waals surface area contributed by atoms with Crippen LogP contribution in [0.3, 0.4) is 0 Å². The van der Waals surface area contributed by atoms with Crippen LogP contribution in [0.4, 0.5) is 0 Å². The van der Waals surface area contributed by atoms with Crippen LogP contribution in [-0.2, 0) is 9.59 Å². The molecule has 17 heavy (non-hydrogen) atoms. The van der Waals surface area contributed by atoms with Gasteiger partial charge in [0.15, 0.2) is 0 Å². The first-order valence-corrected chi connectivity index (χ1v) is 6.26. The van der Waals surface area contributed by atoms with E-state index in [9.17, 15) is 9.59 Å². The standard InChI is InChI=1S/C13H22N2O2/c1-3-4-5-7-13(2,10-15-12-17)8-6-9-14-11-16/h3-10H2,1-2H3. The molecule has 96 valence electrons. The third kappa shape index (κ3) is 8.56. The van der Waals surface area contributed by atoms with E-state index in [2.05, 4.69) is 23.8 Å². The summed E-state index contributed by atoms with van der Waals surface area (Å²) in [4.78, 5) is 27.4.